The lowest BCUT2D eigenvalue weighted by Gasteiger charge is -2.10. The number of hydrogen-bond acceptors (Lipinski definition) is 2. The summed E-state index contributed by atoms with van der Waals surface area (Å²) in [6.45, 7) is 5.02. The normalized spacial score (nSPS) is 10.8. The fourth-order valence-corrected chi connectivity index (χ4v) is 2.56. The molecule has 2 aromatic rings. The minimum Gasteiger partial charge on any atom is -0.457 e. The van der Waals surface area contributed by atoms with Crippen molar-refractivity contribution in [1.82, 2.24) is 0 Å². The molecule has 0 atom stereocenters. The fourth-order valence-electron chi connectivity index (χ4n) is 2.01. The van der Waals surface area contributed by atoms with E-state index in [1.165, 1.54) is 11.1 Å². The van der Waals surface area contributed by atoms with Crippen LogP contribution in [0.3, 0.4) is 0 Å². The van der Waals surface area contributed by atoms with E-state index in [0.29, 0.717) is 12.5 Å². The van der Waals surface area contributed by atoms with Gasteiger partial charge in [-0.05, 0) is 54.3 Å². The molecule has 0 radical (unpaired) electrons. The average molecular weight is 334 g/mol. The molecule has 0 aliphatic heterocycles. The van der Waals surface area contributed by atoms with Crippen LogP contribution in [0.2, 0.25) is 0 Å². The number of nitrogens with two attached hydrogens (primary N) is 1. The lowest BCUT2D eigenvalue weighted by Crippen LogP contribution is -2.03. The minimum atomic E-state index is 0.536. The van der Waals surface area contributed by atoms with Crippen molar-refractivity contribution in [2.24, 2.45) is 5.73 Å². The van der Waals surface area contributed by atoms with Gasteiger partial charge in [-0.3, -0.25) is 0 Å². The van der Waals surface area contributed by atoms with Gasteiger partial charge in [-0.25, -0.2) is 0 Å². The molecule has 0 saturated carbocycles. The molecule has 0 aliphatic rings. The Morgan fingerprint density at radius 3 is 2.25 bits per heavy atom. The Hall–Kier alpha value is -1.32. The first-order valence-corrected chi connectivity index (χ1v) is 7.65. The summed E-state index contributed by atoms with van der Waals surface area (Å²) in [4.78, 5) is 0. The molecule has 2 rings (SSSR count). The monoisotopic (exact) mass is 333 g/mol. The van der Waals surface area contributed by atoms with E-state index in [0.717, 1.165) is 22.4 Å². The molecular formula is C17H20BrNO. The lowest BCUT2D eigenvalue weighted by atomic mass is 10.0. The summed E-state index contributed by atoms with van der Waals surface area (Å²) < 4.78 is 6.91. The summed E-state index contributed by atoms with van der Waals surface area (Å²) in [5, 5.41) is 0. The summed E-state index contributed by atoms with van der Waals surface area (Å²) in [5.74, 6) is 2.22. The van der Waals surface area contributed by atoms with Crippen LogP contribution in [0, 0.1) is 0 Å². The summed E-state index contributed by atoms with van der Waals surface area (Å²) in [5.41, 5.74) is 8.10. The summed E-state index contributed by atoms with van der Waals surface area (Å²) in [7, 11) is 0. The molecule has 0 aliphatic carbocycles. The molecule has 0 saturated heterocycles. The predicted octanol–water partition coefficient (Wildman–Crippen LogP) is 4.87. The molecule has 2 aromatic carbocycles. The SMILES string of the molecule is CC(C)c1ccc(Oc2ccc(CCN)c(Br)c2)cc1. The lowest BCUT2D eigenvalue weighted by molar-refractivity contribution is 0.481. The second-order valence-corrected chi connectivity index (χ2v) is 5.97. The number of ether oxygens (including phenoxy) is 1. The van der Waals surface area contributed by atoms with Crippen molar-refractivity contribution in [2.45, 2.75) is 26.2 Å². The zero-order valence-corrected chi connectivity index (χ0v) is 13.5. The maximum Gasteiger partial charge on any atom is 0.128 e. The number of benzene rings is 2. The van der Waals surface area contributed by atoms with E-state index in [9.17, 15) is 0 Å². The van der Waals surface area contributed by atoms with Crippen LogP contribution in [-0.2, 0) is 6.42 Å². The Balaban J connectivity index is 2.11. The van der Waals surface area contributed by atoms with Crippen molar-refractivity contribution in [3.05, 3.63) is 58.1 Å². The third-order valence-corrected chi connectivity index (χ3v) is 3.96. The van der Waals surface area contributed by atoms with Crippen LogP contribution in [0.5, 0.6) is 11.5 Å². The standard InChI is InChI=1S/C17H20BrNO/c1-12(2)13-3-6-15(7-4-13)20-16-8-5-14(9-10-19)17(18)11-16/h3-8,11-12H,9-10,19H2,1-2H3. The van der Waals surface area contributed by atoms with Crippen LogP contribution in [0.25, 0.3) is 0 Å². The molecule has 0 fully saturated rings. The highest BCUT2D eigenvalue weighted by atomic mass is 79.9. The van der Waals surface area contributed by atoms with Crippen LogP contribution >= 0.6 is 15.9 Å². The summed E-state index contributed by atoms with van der Waals surface area (Å²) in [6.07, 6.45) is 0.865. The largest absolute Gasteiger partial charge is 0.457 e. The molecule has 106 valence electrons. The van der Waals surface area contributed by atoms with Crippen LogP contribution in [0.1, 0.15) is 30.9 Å². The maximum absolute atomic E-state index is 5.87. The highest BCUT2D eigenvalue weighted by molar-refractivity contribution is 9.10. The van der Waals surface area contributed by atoms with Crippen molar-refractivity contribution in [2.75, 3.05) is 6.54 Å². The zero-order chi connectivity index (χ0) is 14.5. The average Bonchev–Trinajstić information content (AvgIpc) is 2.42. The van der Waals surface area contributed by atoms with Crippen molar-refractivity contribution in [1.29, 1.82) is 0 Å². The third-order valence-electron chi connectivity index (χ3n) is 3.22. The Bertz CT molecular complexity index is 564. The Labute approximate surface area is 129 Å². The fraction of sp³-hybridized carbons (Fsp3) is 0.294. The van der Waals surface area contributed by atoms with Crippen LogP contribution in [0.15, 0.2) is 46.9 Å². The number of rotatable bonds is 5. The second-order valence-electron chi connectivity index (χ2n) is 5.12. The van der Waals surface area contributed by atoms with Gasteiger partial charge in [-0.2, -0.15) is 0 Å². The molecule has 3 heteroatoms. The number of hydrogen-bond donors (Lipinski definition) is 1. The van der Waals surface area contributed by atoms with Gasteiger partial charge < -0.3 is 10.5 Å². The van der Waals surface area contributed by atoms with Crippen molar-refractivity contribution in [3.8, 4) is 11.5 Å². The Morgan fingerprint density at radius 2 is 1.70 bits per heavy atom. The molecule has 2 N–H and O–H groups in total. The molecule has 0 unspecified atom stereocenters. The number of halogens is 1. The third kappa shape index (κ3) is 3.84. The van der Waals surface area contributed by atoms with Crippen LogP contribution in [-0.4, -0.2) is 6.54 Å². The van der Waals surface area contributed by atoms with Gasteiger partial charge in [0.1, 0.15) is 11.5 Å². The quantitative estimate of drug-likeness (QED) is 0.847. The second kappa shape index (κ2) is 6.91. The van der Waals surface area contributed by atoms with Crippen molar-refractivity contribution >= 4 is 15.9 Å². The smallest absolute Gasteiger partial charge is 0.128 e. The molecular weight excluding hydrogens is 314 g/mol. The van der Waals surface area contributed by atoms with E-state index in [-0.39, 0.29) is 0 Å². The van der Waals surface area contributed by atoms with E-state index in [4.69, 9.17) is 10.5 Å². The van der Waals surface area contributed by atoms with Gasteiger partial charge >= 0.3 is 0 Å². The van der Waals surface area contributed by atoms with E-state index in [1.54, 1.807) is 0 Å². The molecule has 20 heavy (non-hydrogen) atoms. The van der Waals surface area contributed by atoms with Crippen LogP contribution < -0.4 is 10.5 Å². The van der Waals surface area contributed by atoms with Crippen molar-refractivity contribution < 1.29 is 4.74 Å². The maximum atomic E-state index is 5.87. The van der Waals surface area contributed by atoms with Gasteiger partial charge in [0.2, 0.25) is 0 Å². The van der Waals surface area contributed by atoms with Crippen molar-refractivity contribution in [3.63, 3.8) is 0 Å². The topological polar surface area (TPSA) is 35.2 Å². The van der Waals surface area contributed by atoms with Crippen LogP contribution in [0.4, 0.5) is 0 Å². The molecule has 0 spiro atoms. The highest BCUT2D eigenvalue weighted by Crippen LogP contribution is 2.28. The summed E-state index contributed by atoms with van der Waals surface area (Å²) >= 11 is 3.56. The predicted molar refractivity (Wildman–Crippen MR) is 87.5 cm³/mol. The van der Waals surface area contributed by atoms with E-state index >= 15 is 0 Å². The van der Waals surface area contributed by atoms with E-state index < -0.39 is 0 Å². The zero-order valence-electron chi connectivity index (χ0n) is 11.9. The van der Waals surface area contributed by atoms with Gasteiger partial charge in [0.25, 0.3) is 0 Å². The molecule has 0 aromatic heterocycles. The molecule has 0 heterocycles. The van der Waals surface area contributed by atoms with Gasteiger partial charge in [0.15, 0.2) is 0 Å². The van der Waals surface area contributed by atoms with E-state index in [2.05, 4.69) is 48.0 Å². The Kier molecular flexibility index (Phi) is 5.21. The molecule has 0 amide bonds. The summed E-state index contributed by atoms with van der Waals surface area (Å²) in [6, 6.07) is 14.3. The van der Waals surface area contributed by atoms with E-state index in [1.807, 2.05) is 24.3 Å². The highest BCUT2D eigenvalue weighted by Gasteiger charge is 2.04. The first kappa shape index (κ1) is 15.1. The van der Waals surface area contributed by atoms with Gasteiger partial charge in [0, 0.05) is 4.47 Å². The Morgan fingerprint density at radius 1 is 1.05 bits per heavy atom. The molecule has 0 bridgehead atoms. The first-order valence-electron chi connectivity index (χ1n) is 6.86. The van der Waals surface area contributed by atoms with Gasteiger partial charge in [-0.15, -0.1) is 0 Å². The molecule has 2 nitrogen and oxygen atoms in total. The van der Waals surface area contributed by atoms with Gasteiger partial charge in [-0.1, -0.05) is 48.0 Å². The minimum absolute atomic E-state index is 0.536. The first-order chi connectivity index (χ1) is 9.60. The van der Waals surface area contributed by atoms with Gasteiger partial charge in [0.05, 0.1) is 0 Å².